The molecule has 2 N–H and O–H groups in total. The maximum Gasteiger partial charge on any atom is 0.310 e. The Kier molecular flexibility index (Phi) is 9.53. The Bertz CT molecular complexity index is 1290. The molecule has 248 valence electrons. The predicted molar refractivity (Wildman–Crippen MR) is 179 cm³/mol. The second kappa shape index (κ2) is 12.6. The second-order valence-electron chi connectivity index (χ2n) is 16.6. The van der Waals surface area contributed by atoms with E-state index in [1.54, 1.807) is 0 Å². The smallest absolute Gasteiger partial charge is 0.310 e. The van der Waals surface area contributed by atoms with Gasteiger partial charge in [-0.25, -0.2) is 0 Å². The number of carbonyl (C=O) groups excluding carboxylic acids is 1. The van der Waals surface area contributed by atoms with Crippen LogP contribution in [-0.2, 0) is 14.4 Å². The van der Waals surface area contributed by atoms with Gasteiger partial charge in [-0.2, -0.15) is 0 Å². The average Bonchev–Trinajstić information content (AvgIpc) is 2.97. The Morgan fingerprint density at radius 1 is 0.956 bits per heavy atom. The number of carbonyl (C=O) groups is 3. The average molecular weight is 619 g/mol. The summed E-state index contributed by atoms with van der Waals surface area (Å²) in [6.45, 7) is 20.0. The van der Waals surface area contributed by atoms with Crippen molar-refractivity contribution in [3.05, 3.63) is 47.6 Å². The fourth-order valence-corrected chi connectivity index (χ4v) is 11.7. The molecule has 0 bridgehead atoms. The van der Waals surface area contributed by atoms with Gasteiger partial charge in [-0.1, -0.05) is 69.2 Å². The van der Waals surface area contributed by atoms with Gasteiger partial charge in [0.15, 0.2) is 0 Å². The Morgan fingerprint density at radius 2 is 1.67 bits per heavy atom. The minimum Gasteiger partial charge on any atom is -0.481 e. The number of aldehydes is 1. The summed E-state index contributed by atoms with van der Waals surface area (Å²) >= 11 is 0. The van der Waals surface area contributed by atoms with E-state index < -0.39 is 22.8 Å². The predicted octanol–water partition coefficient (Wildman–Crippen LogP) is 9.45. The van der Waals surface area contributed by atoms with Gasteiger partial charge in [0.1, 0.15) is 6.29 Å². The van der Waals surface area contributed by atoms with E-state index >= 15 is 0 Å². The molecule has 3 fully saturated rings. The summed E-state index contributed by atoms with van der Waals surface area (Å²) in [6.07, 6.45) is 15.8. The molecule has 45 heavy (non-hydrogen) atoms. The van der Waals surface area contributed by atoms with E-state index in [0.717, 1.165) is 62.4 Å². The van der Waals surface area contributed by atoms with Crippen molar-refractivity contribution in [3.8, 4) is 0 Å². The number of hydrogen-bond donors (Lipinski definition) is 2. The summed E-state index contributed by atoms with van der Waals surface area (Å²) in [6, 6.07) is 0. The standard InChI is InChI=1S/C40H58O5/c1-24(2)30-15-10-25(3)31-17-20-40(37(44)45)29(14-12-28(23-41)21-32(30)31)13-9-27(5)34(40)22-33-26(4)11-16-35-38(33,6)18-8-19-39(35,7)36(42)43/h9,21,23-24,29-35H,3-4,8,10-20,22H2,1-2,5-7H3,(H,42,43)(H,44,45). The highest BCUT2D eigenvalue weighted by Crippen LogP contribution is 2.64. The van der Waals surface area contributed by atoms with Gasteiger partial charge in [0.2, 0.25) is 0 Å². The fraction of sp³-hybridized carbons (Fsp3) is 0.725. The summed E-state index contributed by atoms with van der Waals surface area (Å²) in [7, 11) is 0. The van der Waals surface area contributed by atoms with Crippen molar-refractivity contribution in [1.29, 1.82) is 0 Å². The van der Waals surface area contributed by atoms with Gasteiger partial charge in [-0.3, -0.25) is 14.4 Å². The first-order chi connectivity index (χ1) is 21.2. The highest BCUT2D eigenvalue weighted by molar-refractivity contribution is 5.77. The van der Waals surface area contributed by atoms with Crippen LogP contribution in [0.3, 0.4) is 0 Å². The molecule has 0 spiro atoms. The van der Waals surface area contributed by atoms with Gasteiger partial charge >= 0.3 is 11.9 Å². The first-order valence-electron chi connectivity index (χ1n) is 17.8. The van der Waals surface area contributed by atoms with Crippen molar-refractivity contribution >= 4 is 18.2 Å². The third kappa shape index (κ3) is 5.63. The van der Waals surface area contributed by atoms with Gasteiger partial charge in [0.05, 0.1) is 10.8 Å². The molecule has 0 aromatic carbocycles. The zero-order valence-electron chi connectivity index (χ0n) is 28.6. The molecule has 10 atom stereocenters. The number of allylic oxidation sites excluding steroid dienone is 6. The molecule has 0 radical (unpaired) electrons. The lowest BCUT2D eigenvalue weighted by Crippen LogP contribution is -2.55. The third-order valence-electron chi connectivity index (χ3n) is 14.3. The lowest BCUT2D eigenvalue weighted by atomic mass is 9.44. The zero-order chi connectivity index (χ0) is 32.9. The molecule has 5 aliphatic rings. The zero-order valence-corrected chi connectivity index (χ0v) is 28.6. The van der Waals surface area contributed by atoms with Crippen LogP contribution in [0.25, 0.3) is 0 Å². The SMILES string of the molecule is C=C1CCC(C(C)C)C2C=C(C=O)CCC3CC=C(C)C(CC4C(=C)CCC5C(C)(C(=O)O)CCCC45C)C3(C(=O)O)CCC12. The Hall–Kier alpha value is -2.43. The molecule has 5 aliphatic carbocycles. The van der Waals surface area contributed by atoms with Crippen LogP contribution in [0.2, 0.25) is 0 Å². The Labute approximate surface area is 271 Å². The number of rotatable bonds is 6. The molecule has 0 amide bonds. The maximum atomic E-state index is 13.9. The lowest BCUT2D eigenvalue weighted by Gasteiger charge is -2.59. The molecule has 0 aliphatic heterocycles. The van der Waals surface area contributed by atoms with Crippen LogP contribution in [0, 0.1) is 63.6 Å². The minimum absolute atomic E-state index is 0.0415. The van der Waals surface area contributed by atoms with Crippen LogP contribution in [0.4, 0.5) is 0 Å². The molecule has 0 saturated heterocycles. The molecular formula is C40H58O5. The van der Waals surface area contributed by atoms with Crippen LogP contribution < -0.4 is 0 Å². The summed E-state index contributed by atoms with van der Waals surface area (Å²) < 4.78 is 0. The van der Waals surface area contributed by atoms with E-state index in [1.165, 1.54) is 11.1 Å². The highest BCUT2D eigenvalue weighted by Gasteiger charge is 2.60. The van der Waals surface area contributed by atoms with Crippen LogP contribution in [-0.4, -0.2) is 28.4 Å². The van der Waals surface area contributed by atoms with Crippen LogP contribution in [0.1, 0.15) is 118 Å². The molecule has 0 heterocycles. The molecule has 0 aromatic rings. The maximum absolute atomic E-state index is 13.9. The number of fused-ring (bicyclic) bond motifs is 3. The molecule has 5 heteroatoms. The second-order valence-corrected chi connectivity index (χ2v) is 16.6. The van der Waals surface area contributed by atoms with Crippen molar-refractivity contribution in [1.82, 2.24) is 0 Å². The molecule has 5 nitrogen and oxygen atoms in total. The van der Waals surface area contributed by atoms with Gasteiger partial charge < -0.3 is 10.2 Å². The van der Waals surface area contributed by atoms with Crippen molar-refractivity contribution < 1.29 is 24.6 Å². The van der Waals surface area contributed by atoms with E-state index in [4.69, 9.17) is 0 Å². The monoisotopic (exact) mass is 618 g/mol. The normalized spacial score (nSPS) is 42.4. The number of hydrogen-bond acceptors (Lipinski definition) is 3. The summed E-state index contributed by atoms with van der Waals surface area (Å²) in [5.41, 5.74) is 2.41. The van der Waals surface area contributed by atoms with Gasteiger partial charge in [-0.05, 0) is 149 Å². The van der Waals surface area contributed by atoms with E-state index in [9.17, 15) is 24.6 Å². The summed E-state index contributed by atoms with van der Waals surface area (Å²) in [5.74, 6) is -0.221. The molecule has 10 unspecified atom stereocenters. The quantitative estimate of drug-likeness (QED) is 0.229. The fourth-order valence-electron chi connectivity index (χ4n) is 11.7. The van der Waals surface area contributed by atoms with E-state index in [1.807, 2.05) is 6.92 Å². The minimum atomic E-state index is -0.950. The van der Waals surface area contributed by atoms with Crippen molar-refractivity contribution in [3.63, 3.8) is 0 Å². The topological polar surface area (TPSA) is 91.7 Å². The first-order valence-corrected chi connectivity index (χ1v) is 17.8. The molecule has 3 saturated carbocycles. The Morgan fingerprint density at radius 3 is 2.31 bits per heavy atom. The number of aliphatic carboxylic acids is 2. The van der Waals surface area contributed by atoms with Gasteiger partial charge in [-0.15, -0.1) is 0 Å². The van der Waals surface area contributed by atoms with E-state index in [0.29, 0.717) is 50.4 Å². The summed E-state index contributed by atoms with van der Waals surface area (Å²) in [5, 5.41) is 21.8. The van der Waals surface area contributed by atoms with Crippen molar-refractivity contribution in [2.45, 2.75) is 118 Å². The van der Waals surface area contributed by atoms with Crippen molar-refractivity contribution in [2.75, 3.05) is 0 Å². The Balaban J connectivity index is 1.57. The van der Waals surface area contributed by atoms with Crippen LogP contribution >= 0.6 is 0 Å². The third-order valence-corrected chi connectivity index (χ3v) is 14.3. The number of carboxylic acid groups (broad SMARTS) is 2. The first kappa shape index (κ1) is 33.9. The number of carboxylic acids is 2. The molecule has 5 rings (SSSR count). The lowest BCUT2D eigenvalue weighted by molar-refractivity contribution is -0.166. The van der Waals surface area contributed by atoms with Crippen LogP contribution in [0.5, 0.6) is 0 Å². The molecule has 0 aromatic heterocycles. The van der Waals surface area contributed by atoms with Crippen molar-refractivity contribution in [2.24, 2.45) is 63.6 Å². The van der Waals surface area contributed by atoms with Gasteiger partial charge in [0, 0.05) is 0 Å². The van der Waals surface area contributed by atoms with Crippen LogP contribution in [0.15, 0.2) is 47.6 Å². The van der Waals surface area contributed by atoms with Gasteiger partial charge in [0.25, 0.3) is 0 Å². The molecular weight excluding hydrogens is 560 g/mol. The van der Waals surface area contributed by atoms with E-state index in [2.05, 4.69) is 53.0 Å². The van der Waals surface area contributed by atoms with E-state index in [-0.39, 0.29) is 40.9 Å². The summed E-state index contributed by atoms with van der Waals surface area (Å²) in [4.78, 5) is 39.1. The largest absolute Gasteiger partial charge is 0.481 e. The highest BCUT2D eigenvalue weighted by atomic mass is 16.4.